The topological polar surface area (TPSA) is 78.4 Å². The lowest BCUT2D eigenvalue weighted by molar-refractivity contribution is -0.144. The van der Waals surface area contributed by atoms with Crippen LogP contribution in [0.2, 0.25) is 0 Å². The number of carboxylic acid groups (broad SMARTS) is 1. The van der Waals surface area contributed by atoms with Crippen LogP contribution < -0.4 is 10.6 Å². The zero-order valence-electron chi connectivity index (χ0n) is 12.9. The van der Waals surface area contributed by atoms with Crippen LogP contribution in [-0.4, -0.2) is 29.1 Å². The SMILES string of the molecule is CCC(C)(NCCCC(=O)Nc1cccc(C)c1)C(=O)O. The van der Waals surface area contributed by atoms with E-state index < -0.39 is 11.5 Å². The van der Waals surface area contributed by atoms with E-state index in [1.165, 1.54) is 0 Å². The van der Waals surface area contributed by atoms with Crippen LogP contribution in [0.25, 0.3) is 0 Å². The van der Waals surface area contributed by atoms with Crippen LogP contribution in [0.3, 0.4) is 0 Å². The van der Waals surface area contributed by atoms with Crippen LogP contribution in [0.4, 0.5) is 5.69 Å². The molecule has 1 rings (SSSR count). The highest BCUT2D eigenvalue weighted by molar-refractivity contribution is 5.90. The molecule has 3 N–H and O–H groups in total. The van der Waals surface area contributed by atoms with Crippen LogP contribution in [0.15, 0.2) is 24.3 Å². The number of hydrogen-bond acceptors (Lipinski definition) is 3. The first-order chi connectivity index (χ1) is 9.87. The molecular weight excluding hydrogens is 268 g/mol. The van der Waals surface area contributed by atoms with Gasteiger partial charge in [-0.2, -0.15) is 0 Å². The Balaban J connectivity index is 2.33. The standard InChI is InChI=1S/C16H24N2O3/c1-4-16(3,15(20)21)17-10-6-9-14(19)18-13-8-5-7-12(2)11-13/h5,7-8,11,17H,4,6,9-10H2,1-3H3,(H,18,19)(H,20,21). The van der Waals surface area contributed by atoms with Gasteiger partial charge in [0.1, 0.15) is 5.54 Å². The minimum Gasteiger partial charge on any atom is -0.480 e. The van der Waals surface area contributed by atoms with E-state index in [0.717, 1.165) is 11.3 Å². The summed E-state index contributed by atoms with van der Waals surface area (Å²) < 4.78 is 0. The van der Waals surface area contributed by atoms with Crippen molar-refractivity contribution in [3.8, 4) is 0 Å². The van der Waals surface area contributed by atoms with Gasteiger partial charge >= 0.3 is 5.97 Å². The number of anilines is 1. The predicted molar refractivity (Wildman–Crippen MR) is 83.4 cm³/mol. The summed E-state index contributed by atoms with van der Waals surface area (Å²) in [5.41, 5.74) is 0.957. The Hall–Kier alpha value is -1.88. The summed E-state index contributed by atoms with van der Waals surface area (Å²) in [5.74, 6) is -0.926. The summed E-state index contributed by atoms with van der Waals surface area (Å²) in [6.45, 7) is 5.95. The minimum absolute atomic E-state index is 0.0593. The van der Waals surface area contributed by atoms with Crippen molar-refractivity contribution in [3.05, 3.63) is 29.8 Å². The number of aryl methyl sites for hydroxylation is 1. The van der Waals surface area contributed by atoms with Gasteiger partial charge in [0.05, 0.1) is 0 Å². The average Bonchev–Trinajstić information content (AvgIpc) is 2.43. The van der Waals surface area contributed by atoms with E-state index in [0.29, 0.717) is 25.8 Å². The Kier molecular flexibility index (Phi) is 6.37. The maximum absolute atomic E-state index is 11.8. The Morgan fingerprint density at radius 3 is 2.62 bits per heavy atom. The maximum Gasteiger partial charge on any atom is 0.323 e. The zero-order valence-corrected chi connectivity index (χ0v) is 12.9. The summed E-state index contributed by atoms with van der Waals surface area (Å²) in [7, 11) is 0. The summed E-state index contributed by atoms with van der Waals surface area (Å²) >= 11 is 0. The average molecular weight is 292 g/mol. The van der Waals surface area contributed by atoms with E-state index in [9.17, 15) is 9.59 Å². The highest BCUT2D eigenvalue weighted by atomic mass is 16.4. The molecule has 1 amide bonds. The monoisotopic (exact) mass is 292 g/mol. The fourth-order valence-electron chi connectivity index (χ4n) is 1.91. The third kappa shape index (κ3) is 5.55. The fraction of sp³-hybridized carbons (Fsp3) is 0.500. The van der Waals surface area contributed by atoms with Gasteiger partial charge in [-0.25, -0.2) is 0 Å². The normalized spacial score (nSPS) is 13.5. The van der Waals surface area contributed by atoms with Crippen LogP contribution >= 0.6 is 0 Å². The molecule has 0 aliphatic rings. The van der Waals surface area contributed by atoms with E-state index in [2.05, 4.69) is 10.6 Å². The summed E-state index contributed by atoms with van der Waals surface area (Å²) in [4.78, 5) is 22.9. The predicted octanol–water partition coefficient (Wildman–Crippen LogP) is 2.56. The molecule has 1 aromatic rings. The van der Waals surface area contributed by atoms with E-state index in [1.54, 1.807) is 6.92 Å². The van der Waals surface area contributed by atoms with Crippen molar-refractivity contribution in [1.29, 1.82) is 0 Å². The van der Waals surface area contributed by atoms with Gasteiger partial charge in [0.2, 0.25) is 5.91 Å². The van der Waals surface area contributed by atoms with Crippen LogP contribution in [-0.2, 0) is 9.59 Å². The van der Waals surface area contributed by atoms with E-state index in [-0.39, 0.29) is 5.91 Å². The second-order valence-corrected chi connectivity index (χ2v) is 5.44. The molecule has 1 unspecified atom stereocenters. The summed E-state index contributed by atoms with van der Waals surface area (Å²) in [6.07, 6.45) is 1.46. The van der Waals surface area contributed by atoms with Crippen molar-refractivity contribution >= 4 is 17.6 Å². The van der Waals surface area contributed by atoms with Crippen molar-refractivity contribution in [2.75, 3.05) is 11.9 Å². The van der Waals surface area contributed by atoms with Crippen molar-refractivity contribution in [2.24, 2.45) is 0 Å². The smallest absolute Gasteiger partial charge is 0.323 e. The molecule has 5 heteroatoms. The van der Waals surface area contributed by atoms with Crippen molar-refractivity contribution in [2.45, 2.75) is 45.6 Å². The van der Waals surface area contributed by atoms with Gasteiger partial charge in [-0.05, 0) is 50.9 Å². The molecule has 116 valence electrons. The van der Waals surface area contributed by atoms with Crippen molar-refractivity contribution in [1.82, 2.24) is 5.32 Å². The second kappa shape index (κ2) is 7.78. The van der Waals surface area contributed by atoms with E-state index in [1.807, 2.05) is 38.1 Å². The van der Waals surface area contributed by atoms with E-state index >= 15 is 0 Å². The molecule has 0 saturated heterocycles. The Morgan fingerprint density at radius 1 is 1.33 bits per heavy atom. The number of aliphatic carboxylic acids is 1. The van der Waals surface area contributed by atoms with Gasteiger partial charge in [0.25, 0.3) is 0 Å². The van der Waals surface area contributed by atoms with Crippen LogP contribution in [0.1, 0.15) is 38.7 Å². The van der Waals surface area contributed by atoms with Gasteiger partial charge in [0, 0.05) is 12.1 Å². The minimum atomic E-state index is -0.924. The first-order valence-corrected chi connectivity index (χ1v) is 7.22. The largest absolute Gasteiger partial charge is 0.480 e. The van der Waals surface area contributed by atoms with Crippen molar-refractivity contribution < 1.29 is 14.7 Å². The van der Waals surface area contributed by atoms with Crippen molar-refractivity contribution in [3.63, 3.8) is 0 Å². The summed E-state index contributed by atoms with van der Waals surface area (Å²) in [5, 5.41) is 14.9. The molecular formula is C16H24N2O3. The Morgan fingerprint density at radius 2 is 2.05 bits per heavy atom. The quantitative estimate of drug-likeness (QED) is 0.643. The number of amides is 1. The molecule has 0 heterocycles. The first kappa shape index (κ1) is 17.2. The molecule has 5 nitrogen and oxygen atoms in total. The Bertz CT molecular complexity index is 502. The van der Waals surface area contributed by atoms with Gasteiger partial charge in [-0.1, -0.05) is 19.1 Å². The molecule has 0 bridgehead atoms. The summed E-state index contributed by atoms with van der Waals surface area (Å²) in [6, 6.07) is 7.62. The molecule has 0 fully saturated rings. The number of nitrogens with one attached hydrogen (secondary N) is 2. The third-order valence-corrected chi connectivity index (χ3v) is 3.58. The lowest BCUT2D eigenvalue weighted by atomic mass is 9.99. The number of rotatable bonds is 8. The fourth-order valence-corrected chi connectivity index (χ4v) is 1.91. The lowest BCUT2D eigenvalue weighted by Crippen LogP contribution is -2.49. The van der Waals surface area contributed by atoms with Crippen LogP contribution in [0, 0.1) is 6.92 Å². The van der Waals surface area contributed by atoms with Gasteiger partial charge < -0.3 is 15.7 Å². The molecule has 1 aromatic carbocycles. The zero-order chi connectivity index (χ0) is 15.9. The van der Waals surface area contributed by atoms with Gasteiger partial charge in [-0.3, -0.25) is 9.59 Å². The molecule has 21 heavy (non-hydrogen) atoms. The number of carbonyl (C=O) groups excluding carboxylic acids is 1. The van der Waals surface area contributed by atoms with E-state index in [4.69, 9.17) is 5.11 Å². The van der Waals surface area contributed by atoms with Crippen LogP contribution in [0.5, 0.6) is 0 Å². The highest BCUT2D eigenvalue weighted by Gasteiger charge is 2.29. The number of benzene rings is 1. The second-order valence-electron chi connectivity index (χ2n) is 5.44. The molecule has 0 aliphatic heterocycles. The third-order valence-electron chi connectivity index (χ3n) is 3.58. The Labute approximate surface area is 125 Å². The number of hydrogen-bond donors (Lipinski definition) is 3. The molecule has 0 aliphatic carbocycles. The first-order valence-electron chi connectivity index (χ1n) is 7.22. The van der Waals surface area contributed by atoms with Gasteiger partial charge in [-0.15, -0.1) is 0 Å². The van der Waals surface area contributed by atoms with Gasteiger partial charge in [0.15, 0.2) is 0 Å². The molecule has 0 spiro atoms. The molecule has 0 radical (unpaired) electrons. The molecule has 1 atom stereocenters. The number of carboxylic acids is 1. The highest BCUT2D eigenvalue weighted by Crippen LogP contribution is 2.11. The lowest BCUT2D eigenvalue weighted by Gasteiger charge is -2.24. The maximum atomic E-state index is 11.8. The molecule has 0 aromatic heterocycles. The number of carbonyl (C=O) groups is 2. The molecule has 0 saturated carbocycles.